The van der Waals surface area contributed by atoms with Crippen LogP contribution in [0.3, 0.4) is 0 Å². The molecule has 1 saturated heterocycles. The molecule has 0 aliphatic carbocycles. The fraction of sp³-hybridized carbons (Fsp3) is 0.500. The van der Waals surface area contributed by atoms with Crippen LogP contribution in [0, 0.1) is 5.41 Å². The number of pyridine rings is 1. The van der Waals surface area contributed by atoms with Gasteiger partial charge < -0.3 is 21.2 Å². The van der Waals surface area contributed by atoms with E-state index in [2.05, 4.69) is 10.3 Å². The standard InChI is InChI=1S/C12H18N4O/c1-8(13)11-9(5-6-15-12(11)14)16-10-4-2-3-7-17-10/h5-6,10,13H,2-4,7H2,1H3,(H3,14,15,16). The van der Waals surface area contributed by atoms with Gasteiger partial charge in [0.05, 0.1) is 11.3 Å². The van der Waals surface area contributed by atoms with Gasteiger partial charge in [-0.15, -0.1) is 0 Å². The van der Waals surface area contributed by atoms with Crippen molar-refractivity contribution in [2.75, 3.05) is 17.7 Å². The number of ether oxygens (including phenoxy) is 1. The fourth-order valence-electron chi connectivity index (χ4n) is 2.02. The van der Waals surface area contributed by atoms with E-state index in [0.717, 1.165) is 31.6 Å². The van der Waals surface area contributed by atoms with Gasteiger partial charge in [0.1, 0.15) is 12.0 Å². The highest BCUT2D eigenvalue weighted by Gasteiger charge is 2.16. The maximum absolute atomic E-state index is 7.73. The van der Waals surface area contributed by atoms with Gasteiger partial charge in [-0.05, 0) is 32.3 Å². The fourth-order valence-corrected chi connectivity index (χ4v) is 2.02. The number of nitrogen functional groups attached to an aromatic ring is 1. The zero-order valence-electron chi connectivity index (χ0n) is 9.99. The van der Waals surface area contributed by atoms with E-state index in [1.807, 2.05) is 6.07 Å². The maximum Gasteiger partial charge on any atom is 0.134 e. The number of nitrogens with two attached hydrogens (primary N) is 1. The smallest absolute Gasteiger partial charge is 0.134 e. The molecule has 17 heavy (non-hydrogen) atoms. The molecule has 2 heterocycles. The van der Waals surface area contributed by atoms with Crippen LogP contribution in [-0.2, 0) is 4.74 Å². The molecular formula is C12H18N4O. The minimum Gasteiger partial charge on any atom is -0.383 e. The van der Waals surface area contributed by atoms with Crippen molar-refractivity contribution in [3.05, 3.63) is 17.8 Å². The van der Waals surface area contributed by atoms with E-state index in [1.165, 1.54) is 0 Å². The van der Waals surface area contributed by atoms with Crippen LogP contribution in [0.2, 0.25) is 0 Å². The van der Waals surface area contributed by atoms with Crippen molar-refractivity contribution in [2.45, 2.75) is 32.4 Å². The number of hydrogen-bond donors (Lipinski definition) is 3. The third kappa shape index (κ3) is 2.74. The van der Waals surface area contributed by atoms with E-state index < -0.39 is 0 Å². The molecule has 0 saturated carbocycles. The molecule has 2 rings (SSSR count). The van der Waals surface area contributed by atoms with Crippen molar-refractivity contribution in [1.29, 1.82) is 5.41 Å². The van der Waals surface area contributed by atoms with Crippen LogP contribution in [0.25, 0.3) is 0 Å². The van der Waals surface area contributed by atoms with Gasteiger partial charge in [-0.3, -0.25) is 0 Å². The summed E-state index contributed by atoms with van der Waals surface area (Å²) in [5, 5.41) is 11.0. The lowest BCUT2D eigenvalue weighted by molar-refractivity contribution is 0.0343. The predicted molar refractivity (Wildman–Crippen MR) is 68.4 cm³/mol. The van der Waals surface area contributed by atoms with E-state index in [0.29, 0.717) is 17.1 Å². The summed E-state index contributed by atoms with van der Waals surface area (Å²) in [5.74, 6) is 0.387. The molecule has 1 aromatic rings. The molecule has 0 amide bonds. The van der Waals surface area contributed by atoms with Gasteiger partial charge in [0, 0.05) is 18.5 Å². The van der Waals surface area contributed by atoms with Crippen LogP contribution in [0.4, 0.5) is 11.5 Å². The normalized spacial score (nSPS) is 19.9. The third-order valence-electron chi connectivity index (χ3n) is 2.85. The predicted octanol–water partition coefficient (Wildman–Crippen LogP) is 1.99. The lowest BCUT2D eigenvalue weighted by Gasteiger charge is -2.25. The molecule has 0 aromatic carbocycles. The Bertz CT molecular complexity index is 413. The number of rotatable bonds is 3. The molecule has 4 N–H and O–H groups in total. The molecule has 1 unspecified atom stereocenters. The molecule has 1 aromatic heterocycles. The Kier molecular flexibility index (Phi) is 3.58. The van der Waals surface area contributed by atoms with Crippen LogP contribution in [-0.4, -0.2) is 23.5 Å². The summed E-state index contributed by atoms with van der Waals surface area (Å²) in [5.41, 5.74) is 7.70. The first-order valence-corrected chi connectivity index (χ1v) is 5.86. The van der Waals surface area contributed by atoms with Crippen molar-refractivity contribution in [3.63, 3.8) is 0 Å². The van der Waals surface area contributed by atoms with Crippen LogP contribution in [0.15, 0.2) is 12.3 Å². The molecule has 5 nitrogen and oxygen atoms in total. The van der Waals surface area contributed by atoms with Crippen molar-refractivity contribution in [3.8, 4) is 0 Å². The second-order valence-corrected chi connectivity index (χ2v) is 4.24. The van der Waals surface area contributed by atoms with Gasteiger partial charge in [-0.25, -0.2) is 4.98 Å². The topological polar surface area (TPSA) is 84.0 Å². The van der Waals surface area contributed by atoms with Crippen molar-refractivity contribution >= 4 is 17.2 Å². The van der Waals surface area contributed by atoms with Gasteiger partial charge >= 0.3 is 0 Å². The van der Waals surface area contributed by atoms with Gasteiger partial charge in [-0.1, -0.05) is 0 Å². The van der Waals surface area contributed by atoms with Crippen LogP contribution < -0.4 is 11.1 Å². The van der Waals surface area contributed by atoms with E-state index in [1.54, 1.807) is 13.1 Å². The number of nitrogens with zero attached hydrogens (tertiary/aromatic N) is 1. The highest BCUT2D eigenvalue weighted by atomic mass is 16.5. The molecule has 5 heteroatoms. The van der Waals surface area contributed by atoms with Crippen LogP contribution in [0.1, 0.15) is 31.7 Å². The lowest BCUT2D eigenvalue weighted by Crippen LogP contribution is -2.28. The summed E-state index contributed by atoms with van der Waals surface area (Å²) in [6, 6.07) is 1.84. The average molecular weight is 234 g/mol. The summed E-state index contributed by atoms with van der Waals surface area (Å²) in [6.45, 7) is 2.50. The summed E-state index contributed by atoms with van der Waals surface area (Å²) in [7, 11) is 0. The van der Waals surface area contributed by atoms with Crippen LogP contribution >= 0.6 is 0 Å². The molecule has 1 atom stereocenters. The minimum atomic E-state index is 0.0173. The number of anilines is 2. The first-order valence-electron chi connectivity index (χ1n) is 5.86. The van der Waals surface area contributed by atoms with Crippen LogP contribution in [0.5, 0.6) is 0 Å². The summed E-state index contributed by atoms with van der Waals surface area (Å²) in [4.78, 5) is 4.01. The number of hydrogen-bond acceptors (Lipinski definition) is 5. The highest BCUT2D eigenvalue weighted by molar-refractivity contribution is 6.05. The number of nitrogens with one attached hydrogen (secondary N) is 2. The zero-order chi connectivity index (χ0) is 12.3. The molecule has 1 aliphatic heterocycles. The van der Waals surface area contributed by atoms with Gasteiger partial charge in [0.2, 0.25) is 0 Å². The Balaban J connectivity index is 2.19. The maximum atomic E-state index is 7.73. The molecule has 1 fully saturated rings. The monoisotopic (exact) mass is 234 g/mol. The largest absolute Gasteiger partial charge is 0.383 e. The van der Waals surface area contributed by atoms with Crippen molar-refractivity contribution in [1.82, 2.24) is 4.98 Å². The van der Waals surface area contributed by atoms with E-state index >= 15 is 0 Å². The van der Waals surface area contributed by atoms with Crippen molar-refractivity contribution < 1.29 is 4.74 Å². The quantitative estimate of drug-likeness (QED) is 0.698. The van der Waals surface area contributed by atoms with E-state index in [-0.39, 0.29) is 6.23 Å². The second-order valence-electron chi connectivity index (χ2n) is 4.24. The molecule has 0 spiro atoms. The first-order chi connectivity index (χ1) is 8.18. The molecule has 0 radical (unpaired) electrons. The summed E-state index contributed by atoms with van der Waals surface area (Å²) < 4.78 is 5.61. The first kappa shape index (κ1) is 11.9. The van der Waals surface area contributed by atoms with E-state index in [9.17, 15) is 0 Å². The van der Waals surface area contributed by atoms with E-state index in [4.69, 9.17) is 15.9 Å². The molecule has 92 valence electrons. The Morgan fingerprint density at radius 3 is 3.06 bits per heavy atom. The molecular weight excluding hydrogens is 216 g/mol. The lowest BCUT2D eigenvalue weighted by atomic mass is 10.1. The summed E-state index contributed by atoms with van der Waals surface area (Å²) in [6.07, 6.45) is 4.93. The molecule has 1 aliphatic rings. The second kappa shape index (κ2) is 5.14. The zero-order valence-corrected chi connectivity index (χ0v) is 9.99. The minimum absolute atomic E-state index is 0.0173. The Hall–Kier alpha value is -1.62. The van der Waals surface area contributed by atoms with Gasteiger partial charge in [0.25, 0.3) is 0 Å². The summed E-state index contributed by atoms with van der Waals surface area (Å²) >= 11 is 0. The molecule has 0 bridgehead atoms. The Morgan fingerprint density at radius 1 is 1.59 bits per heavy atom. The number of aromatic nitrogens is 1. The van der Waals surface area contributed by atoms with Gasteiger partial charge in [-0.2, -0.15) is 0 Å². The third-order valence-corrected chi connectivity index (χ3v) is 2.85. The Morgan fingerprint density at radius 2 is 2.41 bits per heavy atom. The van der Waals surface area contributed by atoms with Crippen molar-refractivity contribution in [2.24, 2.45) is 0 Å². The SMILES string of the molecule is CC(=N)c1c(NC2CCCCO2)ccnc1N. The average Bonchev–Trinajstić information content (AvgIpc) is 2.30. The Labute approximate surface area is 101 Å². The van der Waals surface area contributed by atoms with Gasteiger partial charge in [0.15, 0.2) is 0 Å². The highest BCUT2D eigenvalue weighted by Crippen LogP contribution is 2.23.